The van der Waals surface area contributed by atoms with Crippen molar-refractivity contribution in [1.29, 1.82) is 0 Å². The predicted octanol–water partition coefficient (Wildman–Crippen LogP) is 4.58. The number of anilines is 2. The Morgan fingerprint density at radius 3 is 2.71 bits per heavy atom. The fraction of sp³-hybridized carbons (Fsp3) is 0.0667. The molecule has 0 saturated heterocycles. The maximum absolute atomic E-state index is 13.1. The zero-order chi connectivity index (χ0) is 14.8. The molecule has 1 aromatic heterocycles. The number of halogens is 2. The lowest BCUT2D eigenvalue weighted by molar-refractivity contribution is 0.587. The topological polar surface area (TPSA) is 51.0 Å². The molecule has 0 aliphatic rings. The minimum Gasteiger partial charge on any atom is -0.403 e. The van der Waals surface area contributed by atoms with Crippen LogP contribution in [0, 0.1) is 12.7 Å². The highest BCUT2D eigenvalue weighted by molar-refractivity contribution is 6.31. The maximum Gasteiger partial charge on any atom is 0.320 e. The van der Waals surface area contributed by atoms with Crippen molar-refractivity contribution in [1.82, 2.24) is 10.2 Å². The van der Waals surface area contributed by atoms with Gasteiger partial charge in [-0.15, -0.1) is 5.10 Å². The van der Waals surface area contributed by atoms with E-state index in [1.54, 1.807) is 6.07 Å². The number of rotatable bonds is 3. The molecule has 0 aliphatic carbocycles. The monoisotopic (exact) mass is 303 g/mol. The van der Waals surface area contributed by atoms with Crippen LogP contribution in [0.1, 0.15) is 5.56 Å². The molecule has 21 heavy (non-hydrogen) atoms. The molecule has 0 spiro atoms. The largest absolute Gasteiger partial charge is 0.403 e. The van der Waals surface area contributed by atoms with Crippen molar-refractivity contribution < 1.29 is 8.81 Å². The van der Waals surface area contributed by atoms with E-state index in [1.165, 1.54) is 12.1 Å². The van der Waals surface area contributed by atoms with Gasteiger partial charge in [-0.3, -0.25) is 0 Å². The highest BCUT2D eigenvalue weighted by Gasteiger charge is 2.11. The molecule has 3 rings (SSSR count). The number of nitrogens with one attached hydrogen (secondary N) is 1. The third-order valence-electron chi connectivity index (χ3n) is 2.97. The van der Waals surface area contributed by atoms with E-state index in [9.17, 15) is 4.39 Å². The molecule has 3 aromatic rings. The lowest BCUT2D eigenvalue weighted by atomic mass is 10.1. The molecule has 1 heterocycles. The summed E-state index contributed by atoms with van der Waals surface area (Å²) in [5, 5.41) is 10.8. The fourth-order valence-electron chi connectivity index (χ4n) is 1.89. The normalized spacial score (nSPS) is 10.6. The molecule has 1 N–H and O–H groups in total. The zero-order valence-corrected chi connectivity index (χ0v) is 11.9. The number of aromatic nitrogens is 2. The van der Waals surface area contributed by atoms with Crippen LogP contribution in [-0.2, 0) is 0 Å². The number of hydrogen-bond acceptors (Lipinski definition) is 4. The first-order valence-electron chi connectivity index (χ1n) is 6.25. The van der Waals surface area contributed by atoms with Crippen LogP contribution in [-0.4, -0.2) is 10.2 Å². The van der Waals surface area contributed by atoms with E-state index in [4.69, 9.17) is 16.0 Å². The van der Waals surface area contributed by atoms with Crippen LogP contribution in [0.25, 0.3) is 11.5 Å². The van der Waals surface area contributed by atoms with Crippen molar-refractivity contribution in [2.24, 2.45) is 0 Å². The standard InChI is InChI=1S/C15H11ClFN3O/c1-9-4-2-3-5-11(9)14-19-20-15(21-14)18-10-6-7-13(17)12(16)8-10/h2-8H,1H3,(H,18,20). The van der Waals surface area contributed by atoms with E-state index >= 15 is 0 Å². The molecule has 0 bridgehead atoms. The summed E-state index contributed by atoms with van der Waals surface area (Å²) in [6.45, 7) is 1.96. The molecule has 0 amide bonds. The molecule has 0 unspecified atom stereocenters. The summed E-state index contributed by atoms with van der Waals surface area (Å²) < 4.78 is 18.7. The first-order valence-corrected chi connectivity index (χ1v) is 6.63. The van der Waals surface area contributed by atoms with Gasteiger partial charge in [0.25, 0.3) is 0 Å². The summed E-state index contributed by atoms with van der Waals surface area (Å²) in [6, 6.07) is 12.2. The molecule has 6 heteroatoms. The number of aryl methyl sites for hydroxylation is 1. The Kier molecular flexibility index (Phi) is 3.58. The average molecular weight is 304 g/mol. The van der Waals surface area contributed by atoms with Gasteiger partial charge in [0.05, 0.1) is 5.02 Å². The zero-order valence-electron chi connectivity index (χ0n) is 11.1. The summed E-state index contributed by atoms with van der Waals surface area (Å²) in [5.74, 6) is -0.0582. The first kappa shape index (κ1) is 13.6. The second kappa shape index (κ2) is 5.54. The fourth-order valence-corrected chi connectivity index (χ4v) is 2.07. The smallest absolute Gasteiger partial charge is 0.320 e. The molecule has 0 saturated carbocycles. The molecular weight excluding hydrogens is 293 g/mol. The molecule has 0 atom stereocenters. The molecule has 4 nitrogen and oxygen atoms in total. The molecule has 106 valence electrons. The van der Waals surface area contributed by atoms with Gasteiger partial charge < -0.3 is 9.73 Å². The summed E-state index contributed by atoms with van der Waals surface area (Å²) in [7, 11) is 0. The molecule has 0 aliphatic heterocycles. The van der Waals surface area contributed by atoms with E-state index in [-0.39, 0.29) is 11.0 Å². The van der Waals surface area contributed by atoms with Gasteiger partial charge >= 0.3 is 6.01 Å². The summed E-state index contributed by atoms with van der Waals surface area (Å²) in [6.07, 6.45) is 0. The van der Waals surface area contributed by atoms with E-state index < -0.39 is 5.82 Å². The quantitative estimate of drug-likeness (QED) is 0.769. The van der Waals surface area contributed by atoms with Gasteiger partial charge in [0.1, 0.15) is 5.82 Å². The van der Waals surface area contributed by atoms with Gasteiger partial charge in [-0.1, -0.05) is 34.9 Å². The SMILES string of the molecule is Cc1ccccc1-c1nnc(Nc2ccc(F)c(Cl)c2)o1. The second-order valence-electron chi connectivity index (χ2n) is 4.48. The predicted molar refractivity (Wildman–Crippen MR) is 79.2 cm³/mol. The minimum atomic E-state index is -0.478. The highest BCUT2D eigenvalue weighted by Crippen LogP contribution is 2.26. The highest BCUT2D eigenvalue weighted by atomic mass is 35.5. The van der Waals surface area contributed by atoms with Crippen molar-refractivity contribution in [3.8, 4) is 11.5 Å². The Morgan fingerprint density at radius 2 is 1.95 bits per heavy atom. The second-order valence-corrected chi connectivity index (χ2v) is 4.89. The Balaban J connectivity index is 1.85. The Bertz CT molecular complexity index is 788. The summed E-state index contributed by atoms with van der Waals surface area (Å²) in [5.41, 5.74) is 2.48. The summed E-state index contributed by atoms with van der Waals surface area (Å²) >= 11 is 5.72. The Hall–Kier alpha value is -2.40. The van der Waals surface area contributed by atoms with Crippen LogP contribution in [0.15, 0.2) is 46.9 Å². The van der Waals surface area contributed by atoms with Gasteiger partial charge in [-0.25, -0.2) is 4.39 Å². The van der Waals surface area contributed by atoms with Crippen LogP contribution >= 0.6 is 11.6 Å². The third kappa shape index (κ3) is 2.87. The van der Waals surface area contributed by atoms with E-state index in [2.05, 4.69) is 15.5 Å². The maximum atomic E-state index is 13.1. The summed E-state index contributed by atoms with van der Waals surface area (Å²) in [4.78, 5) is 0. The van der Waals surface area contributed by atoms with Gasteiger partial charge in [-0.2, -0.15) is 0 Å². The van der Waals surface area contributed by atoms with Crippen LogP contribution in [0.5, 0.6) is 0 Å². The lowest BCUT2D eigenvalue weighted by Crippen LogP contribution is -1.91. The van der Waals surface area contributed by atoms with Crippen LogP contribution < -0.4 is 5.32 Å². The van der Waals surface area contributed by atoms with Crippen LogP contribution in [0.3, 0.4) is 0 Å². The third-order valence-corrected chi connectivity index (χ3v) is 3.26. The molecule has 0 radical (unpaired) electrons. The van der Waals surface area contributed by atoms with Crippen molar-refractivity contribution >= 4 is 23.3 Å². The van der Waals surface area contributed by atoms with Crippen LogP contribution in [0.4, 0.5) is 16.1 Å². The number of nitrogens with zero attached hydrogens (tertiary/aromatic N) is 2. The van der Waals surface area contributed by atoms with E-state index in [1.807, 2.05) is 31.2 Å². The molecule has 0 fully saturated rings. The number of benzene rings is 2. The molecular formula is C15H11ClFN3O. The van der Waals surface area contributed by atoms with Gasteiger partial charge in [0.15, 0.2) is 0 Å². The van der Waals surface area contributed by atoms with Gasteiger partial charge in [0.2, 0.25) is 5.89 Å². The van der Waals surface area contributed by atoms with Gasteiger partial charge in [0, 0.05) is 11.3 Å². The van der Waals surface area contributed by atoms with Gasteiger partial charge in [-0.05, 0) is 36.8 Å². The van der Waals surface area contributed by atoms with Crippen molar-refractivity contribution in [2.45, 2.75) is 6.92 Å². The number of hydrogen-bond donors (Lipinski definition) is 1. The Morgan fingerprint density at radius 1 is 1.14 bits per heavy atom. The first-order chi connectivity index (χ1) is 10.1. The van der Waals surface area contributed by atoms with Crippen molar-refractivity contribution in [3.05, 3.63) is 58.9 Å². The minimum absolute atomic E-state index is 0.0265. The van der Waals surface area contributed by atoms with E-state index in [0.717, 1.165) is 11.1 Å². The van der Waals surface area contributed by atoms with Crippen LogP contribution in [0.2, 0.25) is 5.02 Å². The Labute approximate surface area is 125 Å². The van der Waals surface area contributed by atoms with Crippen molar-refractivity contribution in [3.63, 3.8) is 0 Å². The average Bonchev–Trinajstić information content (AvgIpc) is 2.92. The van der Waals surface area contributed by atoms with Crippen molar-refractivity contribution in [2.75, 3.05) is 5.32 Å². The van der Waals surface area contributed by atoms with E-state index in [0.29, 0.717) is 11.6 Å². The molecule has 2 aromatic carbocycles. The lowest BCUT2D eigenvalue weighted by Gasteiger charge is -2.02.